The van der Waals surface area contributed by atoms with E-state index in [0.717, 1.165) is 6.54 Å². The van der Waals surface area contributed by atoms with Gasteiger partial charge < -0.3 is 10.5 Å². The maximum absolute atomic E-state index is 5.97. The van der Waals surface area contributed by atoms with E-state index in [2.05, 4.69) is 22.9 Å². The van der Waals surface area contributed by atoms with Gasteiger partial charge in [0.15, 0.2) is 0 Å². The van der Waals surface area contributed by atoms with Crippen LogP contribution in [0, 0.1) is 0 Å². The highest BCUT2D eigenvalue weighted by Gasteiger charge is 2.29. The summed E-state index contributed by atoms with van der Waals surface area (Å²) < 4.78 is 5.09. The minimum atomic E-state index is 0.288. The van der Waals surface area contributed by atoms with E-state index in [4.69, 9.17) is 10.5 Å². The van der Waals surface area contributed by atoms with Crippen molar-refractivity contribution < 1.29 is 4.74 Å². The Kier molecular flexibility index (Phi) is 4.55. The molecule has 0 amide bonds. The van der Waals surface area contributed by atoms with Crippen LogP contribution in [-0.4, -0.2) is 36.1 Å². The minimum Gasteiger partial charge on any atom is -0.481 e. The molecule has 4 nitrogen and oxygen atoms in total. The lowest BCUT2D eigenvalue weighted by Gasteiger charge is -2.32. The van der Waals surface area contributed by atoms with Crippen molar-refractivity contribution in [1.29, 1.82) is 0 Å². The van der Waals surface area contributed by atoms with E-state index in [0.29, 0.717) is 18.5 Å². The highest BCUT2D eigenvalue weighted by Crippen LogP contribution is 2.30. The van der Waals surface area contributed by atoms with Gasteiger partial charge in [-0.3, -0.25) is 4.90 Å². The van der Waals surface area contributed by atoms with Crippen LogP contribution in [-0.2, 0) is 0 Å². The summed E-state index contributed by atoms with van der Waals surface area (Å²) in [6.07, 6.45) is 5.65. The summed E-state index contributed by atoms with van der Waals surface area (Å²) in [5, 5.41) is 0. The predicted octanol–water partition coefficient (Wildman–Crippen LogP) is 1.96. The first-order valence-electron chi connectivity index (χ1n) is 6.75. The van der Waals surface area contributed by atoms with Crippen LogP contribution < -0.4 is 10.5 Å². The number of rotatable bonds is 5. The van der Waals surface area contributed by atoms with Crippen LogP contribution >= 0.6 is 0 Å². The molecule has 1 aliphatic rings. The Morgan fingerprint density at radius 1 is 1.56 bits per heavy atom. The van der Waals surface area contributed by atoms with Gasteiger partial charge in [-0.2, -0.15) is 0 Å². The van der Waals surface area contributed by atoms with Gasteiger partial charge in [0.05, 0.1) is 7.11 Å². The van der Waals surface area contributed by atoms with E-state index >= 15 is 0 Å². The average Bonchev–Trinajstić information content (AvgIpc) is 2.89. The van der Waals surface area contributed by atoms with Crippen LogP contribution in [0.25, 0.3) is 0 Å². The van der Waals surface area contributed by atoms with Crippen molar-refractivity contribution in [2.75, 3.05) is 20.2 Å². The first kappa shape index (κ1) is 13.3. The number of hydrogen-bond donors (Lipinski definition) is 1. The molecule has 100 valence electrons. The Labute approximate surface area is 109 Å². The number of nitrogens with zero attached hydrogens (tertiary/aromatic N) is 2. The Hall–Kier alpha value is -1.13. The maximum Gasteiger partial charge on any atom is 0.212 e. The molecule has 0 saturated carbocycles. The number of ether oxygens (including phenoxy) is 1. The van der Waals surface area contributed by atoms with Crippen LogP contribution in [0.5, 0.6) is 5.88 Å². The molecule has 2 unspecified atom stereocenters. The molecule has 1 aromatic rings. The van der Waals surface area contributed by atoms with E-state index in [1.54, 1.807) is 7.11 Å². The first-order chi connectivity index (χ1) is 8.80. The zero-order chi connectivity index (χ0) is 13.0. The molecule has 0 radical (unpaired) electrons. The van der Waals surface area contributed by atoms with Crippen LogP contribution in [0.15, 0.2) is 18.3 Å². The van der Waals surface area contributed by atoms with Gasteiger partial charge in [-0.05, 0) is 31.4 Å². The summed E-state index contributed by atoms with van der Waals surface area (Å²) in [6, 6.07) is 4.94. The zero-order valence-electron chi connectivity index (χ0n) is 11.3. The first-order valence-corrected chi connectivity index (χ1v) is 6.75. The topological polar surface area (TPSA) is 51.4 Å². The molecule has 18 heavy (non-hydrogen) atoms. The molecule has 0 spiro atoms. The summed E-state index contributed by atoms with van der Waals surface area (Å²) in [4.78, 5) is 6.82. The molecule has 0 bridgehead atoms. The molecule has 2 N–H and O–H groups in total. The third-order valence-corrected chi connectivity index (χ3v) is 3.87. The van der Waals surface area contributed by atoms with Gasteiger partial charge in [-0.25, -0.2) is 4.98 Å². The number of pyridine rings is 1. The van der Waals surface area contributed by atoms with E-state index in [1.807, 2.05) is 12.3 Å². The van der Waals surface area contributed by atoms with Gasteiger partial charge in [-0.15, -0.1) is 0 Å². The molecule has 1 saturated heterocycles. The van der Waals surface area contributed by atoms with Crippen molar-refractivity contribution in [3.8, 4) is 5.88 Å². The Morgan fingerprint density at radius 3 is 2.94 bits per heavy atom. The SMILES string of the molecule is CCC1CCCN1C(CN)c1ccc(OC)nc1. The molecule has 2 heterocycles. The Morgan fingerprint density at radius 2 is 2.39 bits per heavy atom. The number of likely N-dealkylation sites (tertiary alicyclic amines) is 1. The van der Waals surface area contributed by atoms with Gasteiger partial charge in [0.2, 0.25) is 5.88 Å². The fraction of sp³-hybridized carbons (Fsp3) is 0.643. The van der Waals surface area contributed by atoms with Gasteiger partial charge in [0, 0.05) is 30.9 Å². The van der Waals surface area contributed by atoms with Crippen LogP contribution in [0.4, 0.5) is 0 Å². The van der Waals surface area contributed by atoms with Gasteiger partial charge >= 0.3 is 0 Å². The summed E-state index contributed by atoms with van der Waals surface area (Å²) >= 11 is 0. The minimum absolute atomic E-state index is 0.288. The highest BCUT2D eigenvalue weighted by molar-refractivity contribution is 5.21. The monoisotopic (exact) mass is 249 g/mol. The van der Waals surface area contributed by atoms with Crippen LogP contribution in [0.2, 0.25) is 0 Å². The third-order valence-electron chi connectivity index (χ3n) is 3.87. The number of methoxy groups -OCH3 is 1. The molecule has 1 fully saturated rings. The Balaban J connectivity index is 2.16. The number of nitrogens with two attached hydrogens (primary N) is 1. The second kappa shape index (κ2) is 6.16. The normalized spacial score (nSPS) is 22.1. The molecule has 4 heteroatoms. The molecule has 2 rings (SSSR count). The smallest absolute Gasteiger partial charge is 0.212 e. The lowest BCUT2D eigenvalue weighted by Crippen LogP contribution is -2.37. The van der Waals surface area contributed by atoms with Gasteiger partial charge in [0.1, 0.15) is 0 Å². The fourth-order valence-electron chi connectivity index (χ4n) is 2.88. The third kappa shape index (κ3) is 2.65. The number of aromatic nitrogens is 1. The summed E-state index contributed by atoms with van der Waals surface area (Å²) in [5.41, 5.74) is 7.16. The van der Waals surface area contributed by atoms with Crippen LogP contribution in [0.1, 0.15) is 37.8 Å². The van der Waals surface area contributed by atoms with Gasteiger partial charge in [0.25, 0.3) is 0 Å². The number of hydrogen-bond acceptors (Lipinski definition) is 4. The van der Waals surface area contributed by atoms with E-state index in [9.17, 15) is 0 Å². The second-order valence-electron chi connectivity index (χ2n) is 4.83. The quantitative estimate of drug-likeness (QED) is 0.866. The van der Waals surface area contributed by atoms with Crippen molar-refractivity contribution in [2.24, 2.45) is 5.73 Å². The molecule has 0 aromatic carbocycles. The molecule has 2 atom stereocenters. The van der Waals surface area contributed by atoms with Crippen molar-refractivity contribution >= 4 is 0 Å². The molecule has 0 aliphatic carbocycles. The van der Waals surface area contributed by atoms with Crippen molar-refractivity contribution in [2.45, 2.75) is 38.3 Å². The predicted molar refractivity (Wildman–Crippen MR) is 72.6 cm³/mol. The lowest BCUT2D eigenvalue weighted by molar-refractivity contribution is 0.180. The standard InChI is InChI=1S/C14H23N3O/c1-3-12-5-4-8-17(12)13(9-15)11-6-7-14(18-2)16-10-11/h6-7,10,12-13H,3-5,8-9,15H2,1-2H3. The van der Waals surface area contributed by atoms with E-state index in [-0.39, 0.29) is 6.04 Å². The fourth-order valence-corrected chi connectivity index (χ4v) is 2.88. The second-order valence-corrected chi connectivity index (χ2v) is 4.83. The molecule has 1 aromatic heterocycles. The molecular weight excluding hydrogens is 226 g/mol. The Bertz CT molecular complexity index is 366. The van der Waals surface area contributed by atoms with Crippen molar-refractivity contribution in [1.82, 2.24) is 9.88 Å². The van der Waals surface area contributed by atoms with Crippen molar-refractivity contribution in [3.63, 3.8) is 0 Å². The van der Waals surface area contributed by atoms with Gasteiger partial charge in [-0.1, -0.05) is 13.0 Å². The summed E-state index contributed by atoms with van der Waals surface area (Å²) in [5.74, 6) is 0.656. The average molecular weight is 249 g/mol. The van der Waals surface area contributed by atoms with Crippen LogP contribution in [0.3, 0.4) is 0 Å². The maximum atomic E-state index is 5.97. The van der Waals surface area contributed by atoms with Crippen molar-refractivity contribution in [3.05, 3.63) is 23.9 Å². The molecule has 1 aliphatic heterocycles. The molecular formula is C14H23N3O. The van der Waals surface area contributed by atoms with E-state index < -0.39 is 0 Å². The highest BCUT2D eigenvalue weighted by atomic mass is 16.5. The summed E-state index contributed by atoms with van der Waals surface area (Å²) in [7, 11) is 1.63. The lowest BCUT2D eigenvalue weighted by atomic mass is 10.1. The van der Waals surface area contributed by atoms with E-state index in [1.165, 1.54) is 24.8 Å². The zero-order valence-corrected chi connectivity index (χ0v) is 11.3. The summed E-state index contributed by atoms with van der Waals surface area (Å²) in [6.45, 7) is 4.04. The largest absolute Gasteiger partial charge is 0.481 e.